The Hall–Kier alpha value is -4.08. The van der Waals surface area contributed by atoms with Crippen LogP contribution in [0.1, 0.15) is 49.4 Å². The lowest BCUT2D eigenvalue weighted by atomic mass is 9.67. The van der Waals surface area contributed by atoms with Crippen LogP contribution in [0.3, 0.4) is 0 Å². The standard InChI is InChI=1S/C33H31ClF3N9O3/c34-21-8-22-19(11-39-42-22)24-18(21)2-3-23-43-44-29(49-23)33(37)13-32(14-33)15-45(6-7-48-32)28-20-10-38-27(24)25(36)26(20)40-30(41-28)47-16-31-4-1-5-46(31)12-17(35)9-31/h8,10-11,17H,1-7,9,12-16H2,(H,39,42)/t17-,31+,32?,33?/m1/s1. The number of anilines is 1. The van der Waals surface area contributed by atoms with E-state index < -0.39 is 28.8 Å². The lowest BCUT2D eigenvalue weighted by Crippen LogP contribution is -2.63. The molecule has 10 heterocycles. The predicted molar refractivity (Wildman–Crippen MR) is 171 cm³/mol. The Kier molecular flexibility index (Phi) is 6.37. The summed E-state index contributed by atoms with van der Waals surface area (Å²) in [5, 5.41) is 16.7. The molecule has 1 spiro atoms. The third-order valence-corrected chi connectivity index (χ3v) is 11.4. The van der Waals surface area contributed by atoms with E-state index in [9.17, 15) is 4.39 Å². The third kappa shape index (κ3) is 4.50. The van der Waals surface area contributed by atoms with Crippen LogP contribution in [0.15, 0.2) is 22.9 Å². The van der Waals surface area contributed by atoms with Gasteiger partial charge in [-0.25, -0.2) is 13.2 Å². The van der Waals surface area contributed by atoms with Crippen molar-refractivity contribution in [1.82, 2.24) is 40.2 Å². The summed E-state index contributed by atoms with van der Waals surface area (Å²) in [5.74, 6) is -0.127. The van der Waals surface area contributed by atoms with Crippen LogP contribution in [0.5, 0.6) is 6.01 Å². The molecule has 12 nitrogen and oxygen atoms in total. The normalized spacial score (nSPS) is 29.4. The van der Waals surface area contributed by atoms with Crippen molar-refractivity contribution in [2.45, 2.75) is 67.9 Å². The van der Waals surface area contributed by atoms with Gasteiger partial charge in [0.05, 0.1) is 34.8 Å². The number of rotatable bonds is 3. The highest BCUT2D eigenvalue weighted by Crippen LogP contribution is 2.55. The second-order valence-corrected chi connectivity index (χ2v) is 14.6. The molecular weight excluding hydrogens is 663 g/mol. The summed E-state index contributed by atoms with van der Waals surface area (Å²) >= 11 is 6.84. The first-order chi connectivity index (χ1) is 23.7. The van der Waals surface area contributed by atoms with Crippen LogP contribution in [0.4, 0.5) is 19.0 Å². The quantitative estimate of drug-likeness (QED) is 0.273. The highest BCUT2D eigenvalue weighted by atomic mass is 35.5. The summed E-state index contributed by atoms with van der Waals surface area (Å²) in [4.78, 5) is 18.2. The third-order valence-electron chi connectivity index (χ3n) is 11.1. The molecule has 12 rings (SSSR count). The van der Waals surface area contributed by atoms with Gasteiger partial charge >= 0.3 is 6.01 Å². The number of aryl methyl sites for hydroxylation is 1. The summed E-state index contributed by atoms with van der Waals surface area (Å²) in [6.45, 7) is 2.34. The molecule has 1 saturated carbocycles. The molecule has 9 bridgehead atoms. The Balaban J connectivity index is 1.16. The lowest BCUT2D eigenvalue weighted by Gasteiger charge is -2.53. The number of ether oxygens (including phenoxy) is 2. The van der Waals surface area contributed by atoms with Crippen LogP contribution in [0, 0.1) is 5.82 Å². The van der Waals surface area contributed by atoms with Gasteiger partial charge in [0.25, 0.3) is 5.89 Å². The lowest BCUT2D eigenvalue weighted by molar-refractivity contribution is -0.192. The van der Waals surface area contributed by atoms with Gasteiger partial charge < -0.3 is 18.8 Å². The number of benzene rings is 1. The molecule has 3 saturated heterocycles. The molecule has 4 fully saturated rings. The molecular formula is C33H31ClF3N9O3. The Morgan fingerprint density at radius 1 is 1.12 bits per heavy atom. The Bertz CT molecular complexity index is 2160. The van der Waals surface area contributed by atoms with Crippen molar-refractivity contribution < 1.29 is 27.1 Å². The Morgan fingerprint density at radius 2 is 2.02 bits per heavy atom. The first-order valence-electron chi connectivity index (χ1n) is 16.7. The highest BCUT2D eigenvalue weighted by Gasteiger charge is 2.62. The van der Waals surface area contributed by atoms with Gasteiger partial charge in [-0.1, -0.05) is 11.6 Å². The fourth-order valence-electron chi connectivity index (χ4n) is 8.89. The first-order valence-corrected chi connectivity index (χ1v) is 17.0. The molecule has 1 aromatic carbocycles. The van der Waals surface area contributed by atoms with E-state index in [2.05, 4.69) is 35.3 Å². The fraction of sp³-hybridized carbons (Fsp3) is 0.515. The number of hydrogen-bond acceptors (Lipinski definition) is 11. The molecule has 254 valence electrons. The SMILES string of the molecule is Fc1c2ncc3c(nc(OC[C@@]45CCCN4C[C@H](F)C5)nc13)N1CCOC3(C1)CC(F)(C3)c1nnc(o1)CCc1c(Cl)cc3[nH]ncc3c1-2. The first kappa shape index (κ1) is 29.8. The number of hydrogen-bond donors (Lipinski definition) is 1. The van der Waals surface area contributed by atoms with E-state index in [1.54, 1.807) is 18.5 Å². The largest absolute Gasteiger partial charge is 0.461 e. The van der Waals surface area contributed by atoms with Gasteiger partial charge in [-0.2, -0.15) is 15.1 Å². The van der Waals surface area contributed by atoms with Gasteiger partial charge in [0.15, 0.2) is 11.5 Å². The minimum absolute atomic E-state index is 0.0111. The average molecular weight is 694 g/mol. The van der Waals surface area contributed by atoms with Crippen molar-refractivity contribution in [3.05, 3.63) is 46.6 Å². The Morgan fingerprint density at radius 3 is 2.92 bits per heavy atom. The summed E-state index contributed by atoms with van der Waals surface area (Å²) < 4.78 is 66.3. The molecule has 6 aliphatic heterocycles. The highest BCUT2D eigenvalue weighted by molar-refractivity contribution is 6.33. The molecule has 1 aliphatic carbocycles. The summed E-state index contributed by atoms with van der Waals surface area (Å²) in [6, 6.07) is 1.70. The monoisotopic (exact) mass is 693 g/mol. The topological polar surface area (TPSA) is 131 Å². The molecule has 7 aliphatic rings. The number of aromatic nitrogens is 7. The number of fused-ring (bicyclic) bond motifs is 2. The second kappa shape index (κ2) is 10.5. The van der Waals surface area contributed by atoms with Gasteiger partial charge in [0, 0.05) is 67.5 Å². The average Bonchev–Trinajstić information content (AvgIpc) is 3.86. The van der Waals surface area contributed by atoms with Crippen molar-refractivity contribution in [3.63, 3.8) is 0 Å². The molecule has 16 heteroatoms. The van der Waals surface area contributed by atoms with E-state index >= 15 is 8.78 Å². The van der Waals surface area contributed by atoms with Crippen molar-refractivity contribution >= 4 is 39.2 Å². The molecule has 49 heavy (non-hydrogen) atoms. The van der Waals surface area contributed by atoms with E-state index in [1.165, 1.54) is 0 Å². The van der Waals surface area contributed by atoms with Crippen molar-refractivity contribution in [2.75, 3.05) is 44.3 Å². The van der Waals surface area contributed by atoms with Crippen LogP contribution in [-0.4, -0.2) is 97.0 Å². The molecule has 5 aromatic rings. The van der Waals surface area contributed by atoms with Gasteiger partial charge in [-0.3, -0.25) is 15.0 Å². The van der Waals surface area contributed by atoms with Gasteiger partial charge in [-0.15, -0.1) is 10.2 Å². The maximum Gasteiger partial charge on any atom is 0.319 e. The fourth-order valence-corrected chi connectivity index (χ4v) is 9.19. The zero-order valence-electron chi connectivity index (χ0n) is 26.3. The maximum atomic E-state index is 17.2. The molecule has 0 unspecified atom stereocenters. The van der Waals surface area contributed by atoms with Crippen molar-refractivity contribution in [3.8, 4) is 17.3 Å². The number of H-pyrrole nitrogens is 1. The number of morpholine rings is 1. The van der Waals surface area contributed by atoms with E-state index in [1.807, 2.05) is 4.90 Å². The molecule has 2 atom stereocenters. The van der Waals surface area contributed by atoms with Crippen LogP contribution >= 0.6 is 11.6 Å². The van der Waals surface area contributed by atoms with E-state index in [0.29, 0.717) is 64.4 Å². The van der Waals surface area contributed by atoms with Gasteiger partial charge in [0.1, 0.15) is 29.8 Å². The maximum absolute atomic E-state index is 17.2. The molecule has 1 N–H and O–H groups in total. The number of halogens is 4. The number of aromatic amines is 1. The summed E-state index contributed by atoms with van der Waals surface area (Å²) in [5.41, 5.74) is -1.48. The second-order valence-electron chi connectivity index (χ2n) is 14.2. The number of nitrogens with zero attached hydrogens (tertiary/aromatic N) is 8. The van der Waals surface area contributed by atoms with E-state index in [0.717, 1.165) is 19.4 Å². The van der Waals surface area contributed by atoms with Gasteiger partial charge in [-0.05, 0) is 37.4 Å². The minimum atomic E-state index is -1.85. The Labute approximate surface area is 282 Å². The number of alkyl halides is 2. The van der Waals surface area contributed by atoms with Gasteiger partial charge in [0.2, 0.25) is 5.89 Å². The van der Waals surface area contributed by atoms with Crippen LogP contribution < -0.4 is 9.64 Å². The minimum Gasteiger partial charge on any atom is -0.461 e. The van der Waals surface area contributed by atoms with Crippen LogP contribution in [-0.2, 0) is 23.2 Å². The zero-order valence-corrected chi connectivity index (χ0v) is 27.1. The van der Waals surface area contributed by atoms with E-state index in [-0.39, 0.29) is 67.8 Å². The van der Waals surface area contributed by atoms with Crippen LogP contribution in [0.25, 0.3) is 33.1 Å². The van der Waals surface area contributed by atoms with E-state index in [4.69, 9.17) is 30.5 Å². The number of pyridine rings is 1. The molecule has 4 aromatic heterocycles. The number of nitrogens with one attached hydrogen (secondary N) is 1. The molecule has 0 radical (unpaired) electrons. The smallest absolute Gasteiger partial charge is 0.319 e. The zero-order chi connectivity index (χ0) is 33.1. The summed E-state index contributed by atoms with van der Waals surface area (Å²) in [7, 11) is 0. The molecule has 0 amide bonds. The van der Waals surface area contributed by atoms with Crippen molar-refractivity contribution in [2.24, 2.45) is 0 Å². The van der Waals surface area contributed by atoms with Crippen molar-refractivity contribution in [1.29, 1.82) is 0 Å². The predicted octanol–water partition coefficient (Wildman–Crippen LogP) is 5.03. The van der Waals surface area contributed by atoms with Crippen LogP contribution in [0.2, 0.25) is 5.02 Å². The summed E-state index contributed by atoms with van der Waals surface area (Å²) in [6.07, 6.45) is 4.87.